The van der Waals surface area contributed by atoms with Gasteiger partial charge in [-0.3, -0.25) is 0 Å². The first kappa shape index (κ1) is 16.6. The molecule has 0 amide bonds. The Bertz CT molecular complexity index is 312. The Labute approximate surface area is 115 Å². The van der Waals surface area contributed by atoms with Gasteiger partial charge in [0.1, 0.15) is 0 Å². The van der Waals surface area contributed by atoms with Crippen LogP contribution in [0.15, 0.2) is 12.1 Å². The standard InChI is InChI=1S/C14H25BF2O2/c1-12(2,18)13(3,4)19-15-10-7-11-5-8-14(16,17)9-6-11/h7,10-11,15,18H,5-6,8-9H2,1-4H3/b10-7+. The van der Waals surface area contributed by atoms with Gasteiger partial charge in [-0.15, -0.1) is 0 Å². The van der Waals surface area contributed by atoms with Crippen LogP contribution in [-0.2, 0) is 4.65 Å². The predicted octanol–water partition coefficient (Wildman–Crippen LogP) is 3.24. The normalized spacial score (nSPS) is 21.8. The van der Waals surface area contributed by atoms with Crippen molar-refractivity contribution in [3.8, 4) is 0 Å². The molecular weight excluding hydrogens is 249 g/mol. The lowest BCUT2D eigenvalue weighted by molar-refractivity contribution is -0.0894. The first-order valence-corrected chi connectivity index (χ1v) is 6.94. The largest absolute Gasteiger partial charge is 0.427 e. The van der Waals surface area contributed by atoms with Gasteiger partial charge in [-0.25, -0.2) is 8.78 Å². The van der Waals surface area contributed by atoms with Gasteiger partial charge in [-0.2, -0.15) is 0 Å². The SMILES string of the molecule is CC(C)(O)C(C)(C)OB/C=C/C1CCC(F)(F)CC1. The van der Waals surface area contributed by atoms with Crippen LogP contribution in [0.1, 0.15) is 53.4 Å². The molecule has 1 rings (SSSR count). The number of halogens is 2. The second kappa shape index (κ2) is 5.92. The number of aliphatic hydroxyl groups is 1. The summed E-state index contributed by atoms with van der Waals surface area (Å²) < 4.78 is 31.6. The highest BCUT2D eigenvalue weighted by Crippen LogP contribution is 2.36. The lowest BCUT2D eigenvalue weighted by Crippen LogP contribution is -2.47. The average molecular weight is 274 g/mol. The lowest BCUT2D eigenvalue weighted by atomic mass is 9.83. The van der Waals surface area contributed by atoms with Crippen LogP contribution in [0.25, 0.3) is 0 Å². The van der Waals surface area contributed by atoms with Crippen LogP contribution in [0.2, 0.25) is 0 Å². The maximum Gasteiger partial charge on any atom is 0.301 e. The minimum absolute atomic E-state index is 0.0158. The van der Waals surface area contributed by atoms with Crippen LogP contribution in [0.4, 0.5) is 8.78 Å². The monoisotopic (exact) mass is 274 g/mol. The fourth-order valence-corrected chi connectivity index (χ4v) is 1.94. The highest BCUT2D eigenvalue weighted by Gasteiger charge is 2.35. The van der Waals surface area contributed by atoms with Gasteiger partial charge < -0.3 is 9.76 Å². The number of rotatable bonds is 5. The highest BCUT2D eigenvalue weighted by molar-refractivity contribution is 6.34. The molecule has 1 aliphatic rings. The molecule has 110 valence electrons. The van der Waals surface area contributed by atoms with E-state index < -0.39 is 17.1 Å². The molecule has 0 radical (unpaired) electrons. The molecule has 1 fully saturated rings. The van der Waals surface area contributed by atoms with Crippen LogP contribution in [0.5, 0.6) is 0 Å². The molecule has 0 aromatic rings. The van der Waals surface area contributed by atoms with Crippen molar-refractivity contribution in [2.75, 3.05) is 0 Å². The van der Waals surface area contributed by atoms with E-state index in [4.69, 9.17) is 4.65 Å². The minimum Gasteiger partial charge on any atom is -0.427 e. The number of alkyl halides is 2. The predicted molar refractivity (Wildman–Crippen MR) is 74.7 cm³/mol. The Morgan fingerprint density at radius 1 is 1.21 bits per heavy atom. The van der Waals surface area contributed by atoms with Gasteiger partial charge in [0.15, 0.2) is 0 Å². The molecule has 1 saturated carbocycles. The Kier molecular flexibility index (Phi) is 5.18. The van der Waals surface area contributed by atoms with Crippen LogP contribution >= 0.6 is 0 Å². The van der Waals surface area contributed by atoms with E-state index in [1.807, 2.05) is 25.9 Å². The molecule has 0 aliphatic heterocycles. The number of hydrogen-bond donors (Lipinski definition) is 1. The molecule has 0 spiro atoms. The van der Waals surface area contributed by atoms with E-state index >= 15 is 0 Å². The van der Waals surface area contributed by atoms with Gasteiger partial charge in [-0.1, -0.05) is 12.1 Å². The van der Waals surface area contributed by atoms with E-state index in [0.717, 1.165) is 0 Å². The maximum absolute atomic E-state index is 13.0. The van der Waals surface area contributed by atoms with E-state index in [1.165, 1.54) is 0 Å². The summed E-state index contributed by atoms with van der Waals surface area (Å²) in [4.78, 5) is 0. The van der Waals surface area contributed by atoms with Crippen molar-refractivity contribution >= 4 is 7.48 Å². The molecule has 0 saturated heterocycles. The van der Waals surface area contributed by atoms with E-state index in [9.17, 15) is 13.9 Å². The molecule has 1 N–H and O–H groups in total. The van der Waals surface area contributed by atoms with Crippen molar-refractivity contribution in [3.05, 3.63) is 12.1 Å². The molecule has 0 aromatic heterocycles. The number of hydrogen-bond acceptors (Lipinski definition) is 2. The molecule has 0 unspecified atom stereocenters. The van der Waals surface area contributed by atoms with Gasteiger partial charge in [0.25, 0.3) is 0 Å². The molecule has 0 atom stereocenters. The molecule has 0 heterocycles. The third-order valence-corrected chi connectivity index (χ3v) is 4.18. The van der Waals surface area contributed by atoms with E-state index in [1.54, 1.807) is 13.8 Å². The van der Waals surface area contributed by atoms with Gasteiger partial charge >= 0.3 is 7.48 Å². The van der Waals surface area contributed by atoms with Crippen molar-refractivity contribution < 1.29 is 18.5 Å². The zero-order valence-electron chi connectivity index (χ0n) is 12.4. The summed E-state index contributed by atoms with van der Waals surface area (Å²) >= 11 is 0. The van der Waals surface area contributed by atoms with Crippen molar-refractivity contribution in [2.45, 2.75) is 70.5 Å². The van der Waals surface area contributed by atoms with Crippen molar-refractivity contribution in [1.82, 2.24) is 0 Å². The van der Waals surface area contributed by atoms with Crippen LogP contribution in [-0.4, -0.2) is 29.7 Å². The Morgan fingerprint density at radius 3 is 2.21 bits per heavy atom. The molecular formula is C14H25BF2O2. The summed E-state index contributed by atoms with van der Waals surface area (Å²) in [5, 5.41) is 9.92. The van der Waals surface area contributed by atoms with Gasteiger partial charge in [0, 0.05) is 12.8 Å². The highest BCUT2D eigenvalue weighted by atomic mass is 19.3. The zero-order valence-corrected chi connectivity index (χ0v) is 12.4. The first-order chi connectivity index (χ1) is 8.54. The fraction of sp³-hybridized carbons (Fsp3) is 0.857. The third kappa shape index (κ3) is 5.23. The third-order valence-electron chi connectivity index (χ3n) is 4.18. The van der Waals surface area contributed by atoms with E-state index in [2.05, 4.69) is 0 Å². The molecule has 5 heteroatoms. The lowest BCUT2D eigenvalue weighted by Gasteiger charge is -2.37. The van der Waals surface area contributed by atoms with E-state index in [-0.39, 0.29) is 18.8 Å². The smallest absolute Gasteiger partial charge is 0.301 e. The summed E-state index contributed by atoms with van der Waals surface area (Å²) in [7, 11) is 0.393. The average Bonchev–Trinajstić information content (AvgIpc) is 2.24. The van der Waals surface area contributed by atoms with Crippen LogP contribution < -0.4 is 0 Å². The quantitative estimate of drug-likeness (QED) is 0.780. The van der Waals surface area contributed by atoms with Gasteiger partial charge in [0.2, 0.25) is 5.92 Å². The van der Waals surface area contributed by atoms with Crippen LogP contribution in [0.3, 0.4) is 0 Å². The summed E-state index contributed by atoms with van der Waals surface area (Å²) in [6, 6.07) is 0. The Hall–Kier alpha value is -0.415. The Morgan fingerprint density at radius 2 is 1.74 bits per heavy atom. The topological polar surface area (TPSA) is 29.5 Å². The number of allylic oxidation sites excluding steroid dienone is 1. The fourth-order valence-electron chi connectivity index (χ4n) is 1.94. The van der Waals surface area contributed by atoms with Crippen molar-refractivity contribution in [3.63, 3.8) is 0 Å². The summed E-state index contributed by atoms with van der Waals surface area (Å²) in [5.41, 5.74) is -1.56. The summed E-state index contributed by atoms with van der Waals surface area (Å²) in [6.45, 7) is 7.09. The zero-order chi connectivity index (χ0) is 14.7. The second-order valence-corrected chi connectivity index (χ2v) is 6.50. The second-order valence-electron chi connectivity index (χ2n) is 6.50. The molecule has 2 nitrogen and oxygen atoms in total. The van der Waals surface area contributed by atoms with Crippen molar-refractivity contribution in [2.24, 2.45) is 5.92 Å². The molecule has 1 aliphatic carbocycles. The van der Waals surface area contributed by atoms with Gasteiger partial charge in [0.05, 0.1) is 11.2 Å². The first-order valence-electron chi connectivity index (χ1n) is 6.94. The minimum atomic E-state index is -2.47. The molecule has 19 heavy (non-hydrogen) atoms. The van der Waals surface area contributed by atoms with Crippen molar-refractivity contribution in [1.29, 1.82) is 0 Å². The maximum atomic E-state index is 13.0. The van der Waals surface area contributed by atoms with Gasteiger partial charge in [-0.05, 0) is 46.5 Å². The summed E-state index contributed by atoms with van der Waals surface area (Å²) in [6.07, 6.45) is 3.02. The molecule has 0 aromatic carbocycles. The summed E-state index contributed by atoms with van der Waals surface area (Å²) in [5.74, 6) is -0.362. The Balaban J connectivity index is 2.32. The van der Waals surface area contributed by atoms with Crippen LogP contribution in [0, 0.1) is 5.92 Å². The van der Waals surface area contributed by atoms with E-state index in [0.29, 0.717) is 20.3 Å². The molecule has 0 bridgehead atoms.